The SMILES string of the molecule is CNCCN(C)Cc1cnn(Cc2ccccc2Cl)c1.O=C(O)C(F)(F)F. The monoisotopic (exact) mass is 406 g/mol. The van der Waals surface area contributed by atoms with Crippen molar-refractivity contribution in [1.82, 2.24) is 20.0 Å². The minimum absolute atomic E-state index is 0.708. The van der Waals surface area contributed by atoms with Gasteiger partial charge in [0.1, 0.15) is 0 Å². The van der Waals surface area contributed by atoms with E-state index in [0.717, 1.165) is 30.2 Å². The first-order valence-corrected chi connectivity index (χ1v) is 8.39. The standard InChI is InChI=1S/C15H21ClN4.C2HF3O2/c1-17-7-8-19(2)10-13-9-18-20(11-13)12-14-5-3-4-6-15(14)16;3-2(4,5)1(6)7/h3-6,9,11,17H,7-8,10,12H2,1-2H3;(H,6,7). The molecule has 0 radical (unpaired) electrons. The van der Waals surface area contributed by atoms with Crippen LogP contribution in [0.2, 0.25) is 5.02 Å². The van der Waals surface area contributed by atoms with Gasteiger partial charge < -0.3 is 15.3 Å². The number of nitrogens with one attached hydrogen (secondary N) is 1. The molecule has 10 heteroatoms. The smallest absolute Gasteiger partial charge is 0.475 e. The van der Waals surface area contributed by atoms with Crippen molar-refractivity contribution >= 4 is 17.6 Å². The van der Waals surface area contributed by atoms with Crippen LogP contribution >= 0.6 is 11.6 Å². The molecule has 0 spiro atoms. The Kier molecular flexibility index (Phi) is 9.27. The summed E-state index contributed by atoms with van der Waals surface area (Å²) in [6, 6.07) is 7.88. The first-order chi connectivity index (χ1) is 12.6. The molecule has 0 atom stereocenters. The van der Waals surface area contributed by atoms with Crippen molar-refractivity contribution in [3.05, 3.63) is 52.8 Å². The lowest BCUT2D eigenvalue weighted by Crippen LogP contribution is -2.26. The second kappa shape index (κ2) is 10.9. The zero-order valence-electron chi connectivity index (χ0n) is 15.0. The van der Waals surface area contributed by atoms with E-state index in [9.17, 15) is 13.2 Å². The van der Waals surface area contributed by atoms with E-state index in [0.29, 0.717) is 6.54 Å². The average Bonchev–Trinajstić information content (AvgIpc) is 3.01. The molecule has 0 unspecified atom stereocenters. The third-order valence-electron chi connectivity index (χ3n) is 3.42. The number of carboxylic acids is 1. The van der Waals surface area contributed by atoms with E-state index in [1.54, 1.807) is 0 Å². The molecule has 150 valence electrons. The van der Waals surface area contributed by atoms with Gasteiger partial charge in [-0.05, 0) is 25.7 Å². The second-order valence-corrected chi connectivity index (χ2v) is 6.19. The van der Waals surface area contributed by atoms with Gasteiger partial charge in [-0.1, -0.05) is 29.8 Å². The Morgan fingerprint density at radius 2 is 2.00 bits per heavy atom. The summed E-state index contributed by atoms with van der Waals surface area (Å²) in [4.78, 5) is 11.2. The van der Waals surface area contributed by atoms with Crippen LogP contribution in [0.5, 0.6) is 0 Å². The highest BCUT2D eigenvalue weighted by Gasteiger charge is 2.38. The van der Waals surface area contributed by atoms with Crippen molar-refractivity contribution in [3.8, 4) is 0 Å². The number of aromatic nitrogens is 2. The Balaban J connectivity index is 0.000000445. The number of alkyl halides is 3. The van der Waals surface area contributed by atoms with Gasteiger partial charge in [0.05, 0.1) is 12.7 Å². The van der Waals surface area contributed by atoms with Gasteiger partial charge in [-0.15, -0.1) is 0 Å². The van der Waals surface area contributed by atoms with Gasteiger partial charge in [0.25, 0.3) is 0 Å². The number of hydrogen-bond donors (Lipinski definition) is 2. The molecular weight excluding hydrogens is 385 g/mol. The van der Waals surface area contributed by atoms with Crippen LogP contribution in [0.4, 0.5) is 13.2 Å². The number of hydrogen-bond acceptors (Lipinski definition) is 4. The molecule has 1 aromatic carbocycles. The predicted octanol–water partition coefficient (Wildman–Crippen LogP) is 2.87. The van der Waals surface area contributed by atoms with Gasteiger partial charge in [-0.25, -0.2) is 4.79 Å². The Labute approximate surface area is 160 Å². The van der Waals surface area contributed by atoms with E-state index in [-0.39, 0.29) is 0 Å². The van der Waals surface area contributed by atoms with Crippen molar-refractivity contribution < 1.29 is 23.1 Å². The lowest BCUT2D eigenvalue weighted by Gasteiger charge is -2.14. The van der Waals surface area contributed by atoms with Gasteiger partial charge in [0.2, 0.25) is 0 Å². The molecule has 0 aliphatic rings. The van der Waals surface area contributed by atoms with Crippen molar-refractivity contribution in [3.63, 3.8) is 0 Å². The summed E-state index contributed by atoms with van der Waals surface area (Å²) in [7, 11) is 4.08. The molecule has 1 aromatic heterocycles. The molecule has 2 N–H and O–H groups in total. The fourth-order valence-electron chi connectivity index (χ4n) is 2.07. The van der Waals surface area contributed by atoms with E-state index in [1.165, 1.54) is 5.56 Å². The molecule has 2 aromatic rings. The van der Waals surface area contributed by atoms with Crippen molar-refractivity contribution in [2.75, 3.05) is 27.2 Å². The van der Waals surface area contributed by atoms with Gasteiger partial charge in [-0.2, -0.15) is 18.3 Å². The predicted molar refractivity (Wildman–Crippen MR) is 96.7 cm³/mol. The van der Waals surface area contributed by atoms with Crippen LogP contribution in [0.3, 0.4) is 0 Å². The molecule has 2 rings (SSSR count). The number of carbonyl (C=O) groups is 1. The lowest BCUT2D eigenvalue weighted by molar-refractivity contribution is -0.192. The third-order valence-corrected chi connectivity index (χ3v) is 3.78. The molecule has 0 fully saturated rings. The summed E-state index contributed by atoms with van der Waals surface area (Å²) >= 11 is 6.17. The van der Waals surface area contributed by atoms with Crippen molar-refractivity contribution in [2.45, 2.75) is 19.3 Å². The largest absolute Gasteiger partial charge is 0.490 e. The highest BCUT2D eigenvalue weighted by Crippen LogP contribution is 2.16. The van der Waals surface area contributed by atoms with Crippen LogP contribution in [0, 0.1) is 0 Å². The summed E-state index contributed by atoms with van der Waals surface area (Å²) in [5.74, 6) is -2.76. The van der Waals surface area contributed by atoms with Gasteiger partial charge in [-0.3, -0.25) is 4.68 Å². The molecule has 1 heterocycles. The maximum absolute atomic E-state index is 10.6. The van der Waals surface area contributed by atoms with E-state index < -0.39 is 12.1 Å². The van der Waals surface area contributed by atoms with Gasteiger partial charge >= 0.3 is 12.1 Å². The zero-order chi connectivity index (χ0) is 20.4. The zero-order valence-corrected chi connectivity index (χ0v) is 15.8. The fourth-order valence-corrected chi connectivity index (χ4v) is 2.26. The lowest BCUT2D eigenvalue weighted by atomic mass is 10.2. The molecule has 0 saturated heterocycles. The maximum Gasteiger partial charge on any atom is 0.490 e. The quantitative estimate of drug-likeness (QED) is 0.740. The first kappa shape index (κ1) is 22.9. The highest BCUT2D eigenvalue weighted by molar-refractivity contribution is 6.31. The Morgan fingerprint density at radius 1 is 1.37 bits per heavy atom. The molecule has 0 bridgehead atoms. The summed E-state index contributed by atoms with van der Waals surface area (Å²) in [5.41, 5.74) is 2.31. The van der Waals surface area contributed by atoms with Gasteiger partial charge in [0, 0.05) is 36.4 Å². The molecular formula is C17H22ClF3N4O2. The van der Waals surface area contributed by atoms with Crippen molar-refractivity contribution in [1.29, 1.82) is 0 Å². The van der Waals surface area contributed by atoms with E-state index >= 15 is 0 Å². The first-order valence-electron chi connectivity index (χ1n) is 8.01. The number of benzene rings is 1. The molecule has 27 heavy (non-hydrogen) atoms. The summed E-state index contributed by atoms with van der Waals surface area (Å²) in [6.07, 6.45) is -1.08. The number of halogens is 4. The fraction of sp³-hybridized carbons (Fsp3) is 0.412. The number of aliphatic carboxylic acids is 1. The van der Waals surface area contributed by atoms with Crippen LogP contribution in [0.1, 0.15) is 11.1 Å². The molecule has 6 nitrogen and oxygen atoms in total. The van der Waals surface area contributed by atoms with E-state index in [4.69, 9.17) is 21.5 Å². The maximum atomic E-state index is 10.6. The minimum atomic E-state index is -5.08. The summed E-state index contributed by atoms with van der Waals surface area (Å²) < 4.78 is 33.7. The number of carboxylic acid groups (broad SMARTS) is 1. The highest BCUT2D eigenvalue weighted by atomic mass is 35.5. The minimum Gasteiger partial charge on any atom is -0.475 e. The van der Waals surface area contributed by atoms with E-state index in [2.05, 4.69) is 28.6 Å². The van der Waals surface area contributed by atoms with Crippen LogP contribution in [-0.4, -0.2) is 59.1 Å². The number of rotatable bonds is 7. The Bertz CT molecular complexity index is 722. The molecule has 0 aliphatic carbocycles. The average molecular weight is 407 g/mol. The Hall–Kier alpha value is -2.10. The van der Waals surface area contributed by atoms with Crippen LogP contribution in [0.15, 0.2) is 36.7 Å². The number of likely N-dealkylation sites (N-methyl/N-ethyl adjacent to an activating group) is 2. The summed E-state index contributed by atoms with van der Waals surface area (Å²) in [6.45, 7) is 3.63. The topological polar surface area (TPSA) is 70.4 Å². The summed E-state index contributed by atoms with van der Waals surface area (Å²) in [5, 5.41) is 15.5. The van der Waals surface area contributed by atoms with E-state index in [1.807, 2.05) is 42.2 Å². The molecule has 0 amide bonds. The normalized spacial score (nSPS) is 11.2. The van der Waals surface area contributed by atoms with Crippen molar-refractivity contribution in [2.24, 2.45) is 0 Å². The van der Waals surface area contributed by atoms with Crippen LogP contribution < -0.4 is 5.32 Å². The third kappa shape index (κ3) is 8.89. The van der Waals surface area contributed by atoms with Crippen LogP contribution in [0.25, 0.3) is 0 Å². The molecule has 0 saturated carbocycles. The Morgan fingerprint density at radius 3 is 2.56 bits per heavy atom. The van der Waals surface area contributed by atoms with Gasteiger partial charge in [0.15, 0.2) is 0 Å². The molecule has 0 aliphatic heterocycles. The second-order valence-electron chi connectivity index (χ2n) is 5.78. The van der Waals surface area contributed by atoms with Crippen LogP contribution in [-0.2, 0) is 17.9 Å². The number of nitrogens with zero attached hydrogens (tertiary/aromatic N) is 3.